The second-order valence-electron chi connectivity index (χ2n) is 5.32. The normalized spacial score (nSPS) is 12.2. The summed E-state index contributed by atoms with van der Waals surface area (Å²) < 4.78 is 22.2. The Labute approximate surface area is 118 Å². The number of aryl methyl sites for hydroxylation is 1. The monoisotopic (exact) mass is 301 g/mol. The minimum absolute atomic E-state index is 0.0156. The minimum Gasteiger partial charge on any atom is -0.478 e. The maximum Gasteiger partial charge on any atom is 0.339 e. The Bertz CT molecular complexity index is 638. The van der Waals surface area contributed by atoms with E-state index < -0.39 is 20.6 Å². The van der Waals surface area contributed by atoms with Gasteiger partial charge in [0.15, 0.2) is 15.7 Å². The molecular weight excluding hydrogens is 282 g/mol. The Balaban J connectivity index is 3.12. The Morgan fingerprint density at radius 3 is 2.30 bits per heavy atom. The quantitative estimate of drug-likeness (QED) is 0.835. The lowest BCUT2D eigenvalue weighted by Gasteiger charge is -2.23. The van der Waals surface area contributed by atoms with Crippen LogP contribution in [-0.4, -0.2) is 47.2 Å². The number of hydrogen-bond donors (Lipinski definition) is 2. The number of carboxylic acid groups (broad SMARTS) is 1. The molecule has 0 amide bonds. The molecule has 1 aromatic rings. The van der Waals surface area contributed by atoms with E-state index in [1.54, 1.807) is 27.7 Å². The largest absolute Gasteiger partial charge is 0.478 e. The average Bonchev–Trinajstić information content (AvgIpc) is 2.28. The Morgan fingerprint density at radius 1 is 1.30 bits per heavy atom. The van der Waals surface area contributed by atoms with Crippen molar-refractivity contribution < 1.29 is 18.3 Å². The first-order valence-electron chi connectivity index (χ1n) is 5.98. The molecule has 2 N–H and O–H groups in total. The highest BCUT2D eigenvalue weighted by atomic mass is 32.2. The zero-order valence-corrected chi connectivity index (χ0v) is 13.0. The number of rotatable bonds is 5. The number of carboxylic acids is 1. The third-order valence-corrected chi connectivity index (χ3v) is 5.51. The number of aromatic carboxylic acids is 1. The van der Waals surface area contributed by atoms with Crippen molar-refractivity contribution in [1.29, 1.82) is 0 Å². The number of carbonyl (C=O) groups is 1. The molecule has 0 aromatic carbocycles. The first-order valence-corrected chi connectivity index (χ1v) is 7.87. The molecule has 0 radical (unpaired) electrons. The predicted octanol–water partition coefficient (Wildman–Crippen LogP) is 1.03. The third kappa shape index (κ3) is 3.24. The fraction of sp³-hybridized carbons (Fsp3) is 0.583. The van der Waals surface area contributed by atoms with E-state index in [4.69, 9.17) is 0 Å². The fourth-order valence-corrected chi connectivity index (χ4v) is 1.76. The molecule has 0 aliphatic heterocycles. The number of nitrogens with one attached hydrogen (secondary N) is 1. The smallest absolute Gasteiger partial charge is 0.339 e. The Kier molecular flexibility index (Phi) is 4.38. The van der Waals surface area contributed by atoms with Crippen molar-refractivity contribution in [3.63, 3.8) is 0 Å². The molecular formula is C12H19N3O4S. The first-order chi connectivity index (χ1) is 8.97. The van der Waals surface area contributed by atoms with Gasteiger partial charge < -0.3 is 10.4 Å². The first kappa shape index (κ1) is 16.4. The SMILES string of the molecule is Cc1nnc(NCC(C)(C)S(C)(=O)=O)c(C(=O)O)c1C. The lowest BCUT2D eigenvalue weighted by atomic mass is 10.1. The van der Waals surface area contributed by atoms with Gasteiger partial charge in [-0.2, -0.15) is 5.10 Å². The summed E-state index contributed by atoms with van der Waals surface area (Å²) in [5.41, 5.74) is 1.05. The van der Waals surface area contributed by atoms with Crippen LogP contribution >= 0.6 is 0 Å². The van der Waals surface area contributed by atoms with E-state index in [0.29, 0.717) is 11.3 Å². The van der Waals surface area contributed by atoms with Crippen LogP contribution in [0.2, 0.25) is 0 Å². The van der Waals surface area contributed by atoms with Crippen molar-refractivity contribution in [2.24, 2.45) is 0 Å². The van der Waals surface area contributed by atoms with Gasteiger partial charge in [0.1, 0.15) is 5.56 Å². The summed E-state index contributed by atoms with van der Waals surface area (Å²) in [5.74, 6) is -1.04. The van der Waals surface area contributed by atoms with Crippen LogP contribution in [0.3, 0.4) is 0 Å². The summed E-state index contributed by atoms with van der Waals surface area (Å²) in [6.45, 7) is 6.47. The topological polar surface area (TPSA) is 109 Å². The zero-order valence-electron chi connectivity index (χ0n) is 12.2. The molecule has 7 nitrogen and oxygen atoms in total. The Morgan fingerprint density at radius 2 is 1.85 bits per heavy atom. The summed E-state index contributed by atoms with van der Waals surface area (Å²) in [6, 6.07) is 0. The molecule has 0 saturated carbocycles. The lowest BCUT2D eigenvalue weighted by molar-refractivity contribution is 0.0696. The van der Waals surface area contributed by atoms with E-state index >= 15 is 0 Å². The van der Waals surface area contributed by atoms with E-state index in [1.807, 2.05) is 0 Å². The van der Waals surface area contributed by atoms with Gasteiger partial charge in [0.05, 0.1) is 10.4 Å². The van der Waals surface area contributed by atoms with Crippen molar-refractivity contribution >= 4 is 21.6 Å². The second kappa shape index (κ2) is 5.35. The minimum atomic E-state index is -3.28. The molecule has 0 bridgehead atoms. The number of nitrogens with zero attached hydrogens (tertiary/aromatic N) is 2. The lowest BCUT2D eigenvalue weighted by Crippen LogP contribution is -2.38. The van der Waals surface area contributed by atoms with Gasteiger partial charge in [0.25, 0.3) is 0 Å². The van der Waals surface area contributed by atoms with Crippen LogP contribution in [0.1, 0.15) is 35.5 Å². The predicted molar refractivity (Wildman–Crippen MR) is 75.9 cm³/mol. The van der Waals surface area contributed by atoms with Crippen molar-refractivity contribution in [2.75, 3.05) is 18.1 Å². The summed E-state index contributed by atoms with van der Waals surface area (Å²) in [4.78, 5) is 11.3. The second-order valence-corrected chi connectivity index (χ2v) is 7.97. The van der Waals surface area contributed by atoms with Crippen molar-refractivity contribution in [2.45, 2.75) is 32.4 Å². The van der Waals surface area contributed by atoms with Gasteiger partial charge in [-0.25, -0.2) is 13.2 Å². The highest BCUT2D eigenvalue weighted by Gasteiger charge is 2.31. The molecule has 0 unspecified atom stereocenters. The molecule has 1 heterocycles. The van der Waals surface area contributed by atoms with Gasteiger partial charge in [-0.1, -0.05) is 0 Å². The molecule has 0 aliphatic rings. The number of hydrogen-bond acceptors (Lipinski definition) is 6. The number of aromatic nitrogens is 2. The van der Waals surface area contributed by atoms with E-state index in [0.717, 1.165) is 6.26 Å². The average molecular weight is 301 g/mol. The molecule has 1 aromatic heterocycles. The summed E-state index contributed by atoms with van der Waals surface area (Å²) in [6.07, 6.45) is 1.14. The highest BCUT2D eigenvalue weighted by Crippen LogP contribution is 2.21. The van der Waals surface area contributed by atoms with Gasteiger partial charge in [0.2, 0.25) is 0 Å². The van der Waals surface area contributed by atoms with Crippen LogP contribution in [0.15, 0.2) is 0 Å². The fourth-order valence-electron chi connectivity index (χ4n) is 1.42. The maximum atomic E-state index is 11.6. The van der Waals surface area contributed by atoms with Crippen LogP contribution in [0, 0.1) is 13.8 Å². The Hall–Kier alpha value is -1.70. The highest BCUT2D eigenvalue weighted by molar-refractivity contribution is 7.92. The van der Waals surface area contributed by atoms with Gasteiger partial charge in [-0.05, 0) is 33.3 Å². The molecule has 1 rings (SSSR count). The van der Waals surface area contributed by atoms with Crippen LogP contribution in [0.4, 0.5) is 5.82 Å². The molecule has 0 atom stereocenters. The molecule has 8 heteroatoms. The summed E-state index contributed by atoms with van der Waals surface area (Å²) >= 11 is 0. The summed E-state index contributed by atoms with van der Waals surface area (Å²) in [5, 5.41) is 19.7. The van der Waals surface area contributed by atoms with Crippen molar-refractivity contribution in [3.8, 4) is 0 Å². The molecule has 112 valence electrons. The van der Waals surface area contributed by atoms with Crippen LogP contribution in [-0.2, 0) is 9.84 Å². The van der Waals surface area contributed by atoms with Gasteiger partial charge in [0, 0.05) is 12.8 Å². The van der Waals surface area contributed by atoms with E-state index in [1.165, 1.54) is 0 Å². The van der Waals surface area contributed by atoms with Gasteiger partial charge in [-0.15, -0.1) is 5.10 Å². The van der Waals surface area contributed by atoms with Crippen LogP contribution in [0.25, 0.3) is 0 Å². The third-order valence-electron chi connectivity index (χ3n) is 3.35. The molecule has 20 heavy (non-hydrogen) atoms. The maximum absolute atomic E-state index is 11.6. The van der Waals surface area contributed by atoms with E-state index in [2.05, 4.69) is 15.5 Å². The van der Waals surface area contributed by atoms with Crippen molar-refractivity contribution in [3.05, 3.63) is 16.8 Å². The van der Waals surface area contributed by atoms with E-state index in [9.17, 15) is 18.3 Å². The molecule has 0 spiro atoms. The van der Waals surface area contributed by atoms with E-state index in [-0.39, 0.29) is 17.9 Å². The summed E-state index contributed by atoms with van der Waals surface area (Å²) in [7, 11) is -3.28. The standard InChI is InChI=1S/C12H19N3O4S/c1-7-8(2)14-15-10(9(7)11(16)17)13-6-12(3,4)20(5,18)19/h6H2,1-5H3,(H,13,15)(H,16,17). The number of sulfone groups is 1. The van der Waals surface area contributed by atoms with Gasteiger partial charge >= 0.3 is 5.97 Å². The van der Waals surface area contributed by atoms with Crippen LogP contribution in [0.5, 0.6) is 0 Å². The number of anilines is 1. The van der Waals surface area contributed by atoms with Crippen LogP contribution < -0.4 is 5.32 Å². The van der Waals surface area contributed by atoms with Gasteiger partial charge in [-0.3, -0.25) is 0 Å². The zero-order chi connectivity index (χ0) is 15.7. The van der Waals surface area contributed by atoms with Crippen molar-refractivity contribution in [1.82, 2.24) is 10.2 Å². The molecule has 0 aliphatic carbocycles. The molecule has 0 fully saturated rings. The molecule has 0 saturated heterocycles.